The summed E-state index contributed by atoms with van der Waals surface area (Å²) in [5.41, 5.74) is 11.2. The van der Waals surface area contributed by atoms with Gasteiger partial charge in [0, 0.05) is 33.4 Å². The highest BCUT2D eigenvalue weighted by Gasteiger charge is 2.19. The van der Waals surface area contributed by atoms with E-state index < -0.39 is 9.28 Å². The molecule has 110 valence electrons. The van der Waals surface area contributed by atoms with E-state index in [4.69, 9.17) is 20.3 Å². The molecule has 0 aliphatic heterocycles. The standard InChI is InChI=1S/C7H19NO2Si.C5H12N2/c1-7(5-4-6-8)11(9-2)10-3;6-3-4-7-5-1-2-5/h7,11H,4-6,8H2,1-3H3;5,7H,1-4,6H2. The maximum Gasteiger partial charge on any atom is 0.323 e. The maximum absolute atomic E-state index is 5.39. The molecule has 1 rings (SSSR count). The van der Waals surface area contributed by atoms with Crippen LogP contribution in [0.2, 0.25) is 5.54 Å². The Morgan fingerprint density at radius 1 is 1.22 bits per heavy atom. The van der Waals surface area contributed by atoms with Gasteiger partial charge in [-0.2, -0.15) is 0 Å². The average Bonchev–Trinajstić information content (AvgIpc) is 3.20. The first-order chi connectivity index (χ1) is 8.69. The van der Waals surface area contributed by atoms with Gasteiger partial charge in [0.25, 0.3) is 0 Å². The lowest BCUT2D eigenvalue weighted by Crippen LogP contribution is -2.24. The molecule has 1 fully saturated rings. The Morgan fingerprint density at radius 3 is 2.22 bits per heavy atom. The molecule has 5 nitrogen and oxygen atoms in total. The lowest BCUT2D eigenvalue weighted by molar-refractivity contribution is 0.264. The van der Waals surface area contributed by atoms with Crippen molar-refractivity contribution in [3.8, 4) is 0 Å². The van der Waals surface area contributed by atoms with Crippen molar-refractivity contribution in [2.24, 2.45) is 11.5 Å². The van der Waals surface area contributed by atoms with E-state index in [-0.39, 0.29) is 0 Å². The van der Waals surface area contributed by atoms with Crippen LogP contribution >= 0.6 is 0 Å². The average molecular weight is 277 g/mol. The molecule has 5 N–H and O–H groups in total. The number of hydrogen-bond acceptors (Lipinski definition) is 5. The number of rotatable bonds is 9. The van der Waals surface area contributed by atoms with Crippen molar-refractivity contribution in [3.63, 3.8) is 0 Å². The van der Waals surface area contributed by atoms with Gasteiger partial charge in [0.1, 0.15) is 0 Å². The van der Waals surface area contributed by atoms with Crippen LogP contribution in [0, 0.1) is 0 Å². The van der Waals surface area contributed by atoms with E-state index in [1.807, 2.05) is 0 Å². The minimum absolute atomic E-state index is 0.563. The monoisotopic (exact) mass is 277 g/mol. The summed E-state index contributed by atoms with van der Waals surface area (Å²) < 4.78 is 10.5. The second-order valence-corrected chi connectivity index (χ2v) is 7.58. The second kappa shape index (κ2) is 12.1. The third kappa shape index (κ3) is 9.99. The molecule has 0 amide bonds. The summed E-state index contributed by atoms with van der Waals surface area (Å²) in [5.74, 6) is 0. The van der Waals surface area contributed by atoms with Gasteiger partial charge in [-0.05, 0) is 37.8 Å². The molecule has 6 heteroatoms. The van der Waals surface area contributed by atoms with E-state index in [0.717, 1.165) is 38.5 Å². The van der Waals surface area contributed by atoms with Crippen molar-refractivity contribution in [2.45, 2.75) is 44.2 Å². The van der Waals surface area contributed by atoms with E-state index in [9.17, 15) is 0 Å². The van der Waals surface area contributed by atoms with E-state index in [1.165, 1.54) is 12.8 Å². The third-order valence-corrected chi connectivity index (χ3v) is 5.14. The lowest BCUT2D eigenvalue weighted by atomic mass is 10.2. The first-order valence-corrected chi connectivity index (χ1v) is 8.49. The van der Waals surface area contributed by atoms with Gasteiger partial charge < -0.3 is 25.6 Å². The molecule has 1 aliphatic carbocycles. The molecule has 0 bridgehead atoms. The molecule has 1 atom stereocenters. The smallest absolute Gasteiger partial charge is 0.323 e. The molecule has 1 saturated carbocycles. The number of nitrogens with one attached hydrogen (secondary N) is 1. The highest BCUT2D eigenvalue weighted by molar-refractivity contribution is 6.46. The van der Waals surface area contributed by atoms with Gasteiger partial charge in [-0.25, -0.2) is 0 Å². The second-order valence-electron chi connectivity index (χ2n) is 4.77. The van der Waals surface area contributed by atoms with Crippen LogP contribution < -0.4 is 16.8 Å². The highest BCUT2D eigenvalue weighted by atomic mass is 28.3. The maximum atomic E-state index is 5.39. The van der Waals surface area contributed by atoms with Gasteiger partial charge in [0.15, 0.2) is 0 Å². The van der Waals surface area contributed by atoms with E-state index in [1.54, 1.807) is 14.2 Å². The van der Waals surface area contributed by atoms with Crippen LogP contribution in [0.25, 0.3) is 0 Å². The summed E-state index contributed by atoms with van der Waals surface area (Å²) in [4.78, 5) is 0. The van der Waals surface area contributed by atoms with Gasteiger partial charge in [-0.1, -0.05) is 6.92 Å². The Balaban J connectivity index is 0.000000351. The van der Waals surface area contributed by atoms with Gasteiger partial charge in [-0.3, -0.25) is 0 Å². The zero-order chi connectivity index (χ0) is 13.8. The SMILES string of the molecule is CO[SiH](OC)C(C)CCCN.NCCNC1CC1. The minimum Gasteiger partial charge on any atom is -0.400 e. The van der Waals surface area contributed by atoms with Gasteiger partial charge in [0.2, 0.25) is 0 Å². The van der Waals surface area contributed by atoms with Crippen molar-refractivity contribution < 1.29 is 8.85 Å². The predicted molar refractivity (Wildman–Crippen MR) is 79.0 cm³/mol. The molecule has 1 aliphatic rings. The molecule has 18 heavy (non-hydrogen) atoms. The van der Waals surface area contributed by atoms with Crippen LogP contribution in [0.15, 0.2) is 0 Å². The van der Waals surface area contributed by atoms with Crippen molar-refractivity contribution in [1.29, 1.82) is 0 Å². The molecule has 0 spiro atoms. The Morgan fingerprint density at radius 2 is 1.83 bits per heavy atom. The quantitative estimate of drug-likeness (QED) is 0.529. The van der Waals surface area contributed by atoms with Crippen molar-refractivity contribution >= 4 is 9.28 Å². The summed E-state index contributed by atoms with van der Waals surface area (Å²) in [6.45, 7) is 4.69. The molecule has 0 saturated heterocycles. The predicted octanol–water partition coefficient (Wildman–Crippen LogP) is 0.326. The van der Waals surface area contributed by atoms with Crippen molar-refractivity contribution in [1.82, 2.24) is 5.32 Å². The van der Waals surface area contributed by atoms with Crippen LogP contribution in [-0.4, -0.2) is 49.2 Å². The molecule has 0 aromatic rings. The van der Waals surface area contributed by atoms with Gasteiger partial charge >= 0.3 is 9.28 Å². The van der Waals surface area contributed by atoms with E-state index >= 15 is 0 Å². The summed E-state index contributed by atoms with van der Waals surface area (Å²) in [5, 5.41) is 3.28. The minimum atomic E-state index is -1.37. The lowest BCUT2D eigenvalue weighted by Gasteiger charge is -2.17. The molecular weight excluding hydrogens is 246 g/mol. The van der Waals surface area contributed by atoms with E-state index in [2.05, 4.69) is 12.2 Å². The Hall–Kier alpha value is 0.0169. The molecule has 0 heterocycles. The van der Waals surface area contributed by atoms with Crippen LogP contribution in [0.3, 0.4) is 0 Å². The van der Waals surface area contributed by atoms with E-state index in [0.29, 0.717) is 5.54 Å². The topological polar surface area (TPSA) is 82.5 Å². The van der Waals surface area contributed by atoms with Crippen LogP contribution in [0.4, 0.5) is 0 Å². The van der Waals surface area contributed by atoms with Crippen molar-refractivity contribution in [3.05, 3.63) is 0 Å². The van der Waals surface area contributed by atoms with Gasteiger partial charge in [-0.15, -0.1) is 0 Å². The summed E-state index contributed by atoms with van der Waals surface area (Å²) in [7, 11) is 2.07. The fraction of sp³-hybridized carbons (Fsp3) is 1.00. The molecule has 0 radical (unpaired) electrons. The Labute approximate surface area is 113 Å². The molecule has 0 aromatic carbocycles. The zero-order valence-corrected chi connectivity index (χ0v) is 13.3. The molecule has 0 aromatic heterocycles. The normalized spacial score (nSPS) is 16.3. The Kier molecular flexibility index (Phi) is 12.1. The van der Waals surface area contributed by atoms with Gasteiger partial charge in [0.05, 0.1) is 0 Å². The first kappa shape index (κ1) is 18.0. The van der Waals surface area contributed by atoms with Crippen LogP contribution in [0.1, 0.15) is 32.6 Å². The number of nitrogens with two attached hydrogens (primary N) is 2. The zero-order valence-electron chi connectivity index (χ0n) is 12.2. The fourth-order valence-electron chi connectivity index (χ4n) is 1.71. The number of hydrogen-bond donors (Lipinski definition) is 3. The van der Waals surface area contributed by atoms with Crippen LogP contribution in [-0.2, 0) is 8.85 Å². The van der Waals surface area contributed by atoms with Crippen LogP contribution in [0.5, 0.6) is 0 Å². The highest BCUT2D eigenvalue weighted by Crippen LogP contribution is 2.17. The first-order valence-electron chi connectivity index (χ1n) is 6.88. The summed E-state index contributed by atoms with van der Waals surface area (Å²) in [6, 6.07) is 0.823. The summed E-state index contributed by atoms with van der Waals surface area (Å²) >= 11 is 0. The largest absolute Gasteiger partial charge is 0.400 e. The molecule has 1 unspecified atom stereocenters. The fourth-order valence-corrected chi connectivity index (χ4v) is 3.34. The Bertz CT molecular complexity index is 179. The van der Waals surface area contributed by atoms with Crippen molar-refractivity contribution in [2.75, 3.05) is 33.9 Å². The third-order valence-electron chi connectivity index (χ3n) is 2.95. The molecular formula is C12H31N3O2Si. The summed E-state index contributed by atoms with van der Waals surface area (Å²) in [6.07, 6.45) is 4.91.